The maximum absolute atomic E-state index is 12.9. The maximum atomic E-state index is 12.9. The second kappa shape index (κ2) is 34.5. The minimum Gasteiger partial charge on any atom is -0.462 e. The normalized spacial score (nSPS) is 24.6. The first kappa shape index (κ1) is 54.9. The van der Waals surface area contributed by atoms with Crippen LogP contribution in [0.15, 0.2) is 0 Å². The molecule has 372 valence electrons. The van der Waals surface area contributed by atoms with E-state index in [4.69, 9.17) is 33.2 Å². The molecule has 0 bridgehead atoms. The number of rotatable bonds is 46. The molecule has 4 saturated heterocycles. The van der Waals surface area contributed by atoms with Crippen molar-refractivity contribution >= 4 is 17.9 Å². The lowest BCUT2D eigenvalue weighted by Crippen LogP contribution is -2.30. The van der Waals surface area contributed by atoms with E-state index in [2.05, 4.69) is 20.8 Å². The number of hydrogen-bond donors (Lipinski definition) is 0. The summed E-state index contributed by atoms with van der Waals surface area (Å²) >= 11 is 0. The molecule has 0 aromatic heterocycles. The lowest BCUT2D eigenvalue weighted by atomic mass is 10.0. The minimum atomic E-state index is -0.801. The van der Waals surface area contributed by atoms with Crippen LogP contribution in [0.25, 0.3) is 0 Å². The van der Waals surface area contributed by atoms with Crippen LogP contribution in [0.3, 0.4) is 0 Å². The number of unbranched alkanes of at least 4 members (excludes halogenated alkanes) is 21. The first-order chi connectivity index (χ1) is 31.4. The van der Waals surface area contributed by atoms with Gasteiger partial charge in [0.2, 0.25) is 0 Å². The summed E-state index contributed by atoms with van der Waals surface area (Å²) in [4.78, 5) is 38.2. The molecule has 0 aromatic rings. The van der Waals surface area contributed by atoms with E-state index in [0.29, 0.717) is 68.1 Å². The fourth-order valence-corrected chi connectivity index (χ4v) is 9.50. The zero-order chi connectivity index (χ0) is 45.5. The lowest BCUT2D eigenvalue weighted by Gasteiger charge is -2.18. The van der Waals surface area contributed by atoms with Crippen molar-refractivity contribution in [3.8, 4) is 0 Å². The van der Waals surface area contributed by atoms with Crippen LogP contribution in [0.4, 0.5) is 0 Å². The summed E-state index contributed by atoms with van der Waals surface area (Å²) in [5.41, 5.74) is 0. The summed E-state index contributed by atoms with van der Waals surface area (Å²) in [5.74, 6) is -0.936. The van der Waals surface area contributed by atoms with Gasteiger partial charge in [-0.1, -0.05) is 175 Å². The fourth-order valence-electron chi connectivity index (χ4n) is 9.50. The highest BCUT2D eigenvalue weighted by Crippen LogP contribution is 2.39. The van der Waals surface area contributed by atoms with Gasteiger partial charge in [-0.05, 0) is 57.8 Å². The molecule has 64 heavy (non-hydrogen) atoms. The Hall–Kier alpha value is -1.75. The van der Waals surface area contributed by atoms with Crippen molar-refractivity contribution in [1.29, 1.82) is 0 Å². The molecule has 0 saturated carbocycles. The van der Waals surface area contributed by atoms with Gasteiger partial charge in [0.15, 0.2) is 6.10 Å². The Balaban J connectivity index is 1.01. The quantitative estimate of drug-likeness (QED) is 0.0252. The van der Waals surface area contributed by atoms with Crippen LogP contribution in [0.5, 0.6) is 0 Å². The van der Waals surface area contributed by atoms with Gasteiger partial charge in [0.1, 0.15) is 13.2 Å². The van der Waals surface area contributed by atoms with E-state index in [1.165, 1.54) is 109 Å². The van der Waals surface area contributed by atoms with Gasteiger partial charge in [0, 0.05) is 25.7 Å². The SMILES string of the molecule is CCCCCCCC1OC1CCCCCCCC(=O)OCC(COC(=O)CCCCCCCC1OC1CCCCCCC)OC(=O)CCCCCCCC1OC1CC1OC1CCCC. The van der Waals surface area contributed by atoms with E-state index >= 15 is 0 Å². The zero-order valence-corrected chi connectivity index (χ0v) is 41.4. The van der Waals surface area contributed by atoms with E-state index in [9.17, 15) is 14.4 Å². The zero-order valence-electron chi connectivity index (χ0n) is 41.4. The number of epoxide rings is 4. The van der Waals surface area contributed by atoms with Gasteiger partial charge in [-0.25, -0.2) is 0 Å². The molecule has 0 N–H and O–H groups in total. The first-order valence-electron chi connectivity index (χ1n) is 27.5. The molecule has 4 aliphatic heterocycles. The third-order valence-electron chi connectivity index (χ3n) is 14.0. The number of esters is 3. The van der Waals surface area contributed by atoms with Crippen LogP contribution >= 0.6 is 0 Å². The van der Waals surface area contributed by atoms with Gasteiger partial charge in [-0.15, -0.1) is 0 Å². The molecule has 4 rings (SSSR count). The molecular formula is C54H96O10. The van der Waals surface area contributed by atoms with Gasteiger partial charge >= 0.3 is 17.9 Å². The summed E-state index contributed by atoms with van der Waals surface area (Å²) in [5, 5.41) is 0. The van der Waals surface area contributed by atoms with Crippen LogP contribution in [0.1, 0.15) is 258 Å². The summed E-state index contributed by atoms with van der Waals surface area (Å²) < 4.78 is 40.3. The minimum absolute atomic E-state index is 0.0973. The standard InChI is InChI=1S/C54H96O10/c1-4-7-10-15-23-32-44-46(61-44)34-25-17-12-20-28-37-52(55)58-41-43(42-59-53(56)38-29-21-13-18-26-35-47-45(62-47)33-24-16-11-8-5-2)60-54(57)39-30-22-14-19-27-36-49-51(64-49)40-50-48(63-50)31-9-6-3/h43-51H,4-42H2,1-3H3. The Morgan fingerprint density at radius 1 is 0.344 bits per heavy atom. The Morgan fingerprint density at radius 3 is 1.00 bits per heavy atom. The number of hydrogen-bond acceptors (Lipinski definition) is 10. The largest absolute Gasteiger partial charge is 0.462 e. The molecular weight excluding hydrogens is 809 g/mol. The predicted octanol–water partition coefficient (Wildman–Crippen LogP) is 13.5. The average Bonchev–Trinajstić information content (AvgIpc) is 4.12. The van der Waals surface area contributed by atoms with Crippen molar-refractivity contribution in [3.05, 3.63) is 0 Å². The molecule has 0 aromatic carbocycles. The van der Waals surface area contributed by atoms with Crippen LogP contribution in [0.2, 0.25) is 0 Å². The van der Waals surface area contributed by atoms with Gasteiger partial charge in [-0.2, -0.15) is 0 Å². The van der Waals surface area contributed by atoms with Crippen molar-refractivity contribution < 1.29 is 47.5 Å². The van der Waals surface area contributed by atoms with Gasteiger partial charge in [-0.3, -0.25) is 14.4 Å². The number of carbonyl (C=O) groups excluding carboxylic acids is 3. The van der Waals surface area contributed by atoms with Crippen molar-refractivity contribution in [2.75, 3.05) is 13.2 Å². The number of ether oxygens (including phenoxy) is 7. The molecule has 8 unspecified atom stereocenters. The molecule has 4 heterocycles. The van der Waals surface area contributed by atoms with Crippen molar-refractivity contribution in [3.63, 3.8) is 0 Å². The van der Waals surface area contributed by atoms with E-state index in [-0.39, 0.29) is 31.1 Å². The van der Waals surface area contributed by atoms with E-state index in [1.54, 1.807) is 0 Å². The second-order valence-corrected chi connectivity index (χ2v) is 20.0. The Morgan fingerprint density at radius 2 is 0.625 bits per heavy atom. The smallest absolute Gasteiger partial charge is 0.306 e. The molecule has 10 nitrogen and oxygen atoms in total. The maximum Gasteiger partial charge on any atom is 0.306 e. The summed E-state index contributed by atoms with van der Waals surface area (Å²) in [6.45, 7) is 6.54. The molecule has 8 atom stereocenters. The topological polar surface area (TPSA) is 129 Å². The molecule has 0 radical (unpaired) electrons. The van der Waals surface area contributed by atoms with Crippen LogP contribution < -0.4 is 0 Å². The van der Waals surface area contributed by atoms with Crippen molar-refractivity contribution in [2.45, 2.75) is 313 Å². The van der Waals surface area contributed by atoms with Gasteiger partial charge < -0.3 is 33.2 Å². The lowest BCUT2D eigenvalue weighted by molar-refractivity contribution is -0.167. The van der Waals surface area contributed by atoms with Crippen LogP contribution in [-0.4, -0.2) is 86.1 Å². The predicted molar refractivity (Wildman–Crippen MR) is 254 cm³/mol. The van der Waals surface area contributed by atoms with Gasteiger partial charge in [0.05, 0.1) is 48.8 Å². The highest BCUT2D eigenvalue weighted by Gasteiger charge is 2.47. The second-order valence-electron chi connectivity index (χ2n) is 20.0. The highest BCUT2D eigenvalue weighted by atomic mass is 16.6. The highest BCUT2D eigenvalue weighted by molar-refractivity contribution is 5.71. The van der Waals surface area contributed by atoms with Crippen molar-refractivity contribution in [2.24, 2.45) is 0 Å². The molecule has 0 spiro atoms. The molecule has 0 amide bonds. The molecule has 4 aliphatic rings. The average molecular weight is 905 g/mol. The molecule has 4 fully saturated rings. The monoisotopic (exact) mass is 905 g/mol. The van der Waals surface area contributed by atoms with E-state index in [1.807, 2.05) is 0 Å². The summed E-state index contributed by atoms with van der Waals surface area (Å²) in [7, 11) is 0. The Labute approximate surface area is 390 Å². The van der Waals surface area contributed by atoms with Crippen LogP contribution in [-0.2, 0) is 47.5 Å². The number of carbonyl (C=O) groups is 3. The first-order valence-corrected chi connectivity index (χ1v) is 27.5. The summed E-state index contributed by atoms with van der Waals surface area (Å²) in [6.07, 6.45) is 42.9. The van der Waals surface area contributed by atoms with E-state index < -0.39 is 6.10 Å². The van der Waals surface area contributed by atoms with Crippen molar-refractivity contribution in [1.82, 2.24) is 0 Å². The molecule has 10 heteroatoms. The van der Waals surface area contributed by atoms with Gasteiger partial charge in [0.25, 0.3) is 0 Å². The Kier molecular flexibility index (Phi) is 29.6. The Bertz CT molecular complexity index is 1150. The third-order valence-corrected chi connectivity index (χ3v) is 14.0. The van der Waals surface area contributed by atoms with Crippen LogP contribution in [0, 0.1) is 0 Å². The fraction of sp³-hybridized carbons (Fsp3) is 0.944. The van der Waals surface area contributed by atoms with E-state index in [0.717, 1.165) is 109 Å². The third kappa shape index (κ3) is 27.2. The molecule has 0 aliphatic carbocycles. The summed E-state index contributed by atoms with van der Waals surface area (Å²) in [6, 6.07) is 0.